The van der Waals surface area contributed by atoms with E-state index in [9.17, 15) is 14.0 Å². The lowest BCUT2D eigenvalue weighted by Gasteiger charge is -2.31. The summed E-state index contributed by atoms with van der Waals surface area (Å²) >= 11 is 0. The van der Waals surface area contributed by atoms with Gasteiger partial charge in [0.1, 0.15) is 0 Å². The highest BCUT2D eigenvalue weighted by molar-refractivity contribution is 5.94. The zero-order valence-electron chi connectivity index (χ0n) is 14.3. The minimum absolute atomic E-state index is 0.0709. The first-order valence-corrected chi connectivity index (χ1v) is 8.25. The van der Waals surface area contributed by atoms with E-state index in [1.54, 1.807) is 16.8 Å². The van der Waals surface area contributed by atoms with Crippen molar-refractivity contribution in [3.05, 3.63) is 29.6 Å². The summed E-state index contributed by atoms with van der Waals surface area (Å²) in [4.78, 5) is 28.1. The Bertz CT molecular complexity index is 664. The molecule has 2 aliphatic rings. The summed E-state index contributed by atoms with van der Waals surface area (Å²) in [7, 11) is 5.00. The smallest absolute Gasteiger partial charge is 0.253 e. The number of likely N-dealkylation sites (tertiary alicyclic amines) is 1. The lowest BCUT2D eigenvalue weighted by atomic mass is 9.88. The van der Waals surface area contributed by atoms with Crippen LogP contribution < -0.4 is 4.74 Å². The topological polar surface area (TPSA) is 49.9 Å². The Kier molecular flexibility index (Phi) is 4.47. The van der Waals surface area contributed by atoms with E-state index < -0.39 is 5.82 Å². The van der Waals surface area contributed by atoms with Gasteiger partial charge in [-0.15, -0.1) is 0 Å². The minimum Gasteiger partial charge on any atom is -0.494 e. The van der Waals surface area contributed by atoms with Crippen molar-refractivity contribution in [3.63, 3.8) is 0 Å². The van der Waals surface area contributed by atoms with Gasteiger partial charge in [0.2, 0.25) is 5.91 Å². The summed E-state index contributed by atoms with van der Waals surface area (Å²) in [6.07, 6.45) is 2.33. The molecule has 0 spiro atoms. The van der Waals surface area contributed by atoms with Crippen LogP contribution in [-0.4, -0.2) is 55.4 Å². The maximum absolute atomic E-state index is 13.5. The van der Waals surface area contributed by atoms with Crippen LogP contribution in [0.5, 0.6) is 5.75 Å². The van der Waals surface area contributed by atoms with Crippen LogP contribution in [0, 0.1) is 17.7 Å². The number of rotatable bonds is 3. The molecule has 6 heteroatoms. The molecular formula is C18H23FN2O3. The van der Waals surface area contributed by atoms with E-state index in [2.05, 4.69) is 0 Å². The molecule has 1 heterocycles. The normalized spacial score (nSPS) is 26.2. The molecule has 2 amide bonds. The van der Waals surface area contributed by atoms with Gasteiger partial charge in [0.15, 0.2) is 11.6 Å². The monoisotopic (exact) mass is 334 g/mol. The summed E-state index contributed by atoms with van der Waals surface area (Å²) in [5.74, 6) is 0.449. The lowest BCUT2D eigenvalue weighted by molar-refractivity contribution is -0.134. The van der Waals surface area contributed by atoms with Gasteiger partial charge < -0.3 is 14.5 Å². The van der Waals surface area contributed by atoms with E-state index in [4.69, 9.17) is 4.74 Å². The number of methoxy groups -OCH3 is 1. The molecule has 130 valence electrons. The van der Waals surface area contributed by atoms with Crippen LogP contribution in [0.3, 0.4) is 0 Å². The number of ether oxygens (including phenoxy) is 1. The van der Waals surface area contributed by atoms with Gasteiger partial charge in [0, 0.05) is 38.7 Å². The van der Waals surface area contributed by atoms with Crippen molar-refractivity contribution in [2.75, 3.05) is 27.7 Å². The Balaban J connectivity index is 1.72. The summed E-state index contributed by atoms with van der Waals surface area (Å²) in [5.41, 5.74) is 0.416. The molecule has 0 radical (unpaired) electrons. The molecule has 2 fully saturated rings. The van der Waals surface area contributed by atoms with E-state index in [-0.39, 0.29) is 23.6 Å². The maximum Gasteiger partial charge on any atom is 0.253 e. The fraction of sp³-hybridized carbons (Fsp3) is 0.556. The molecule has 1 aliphatic carbocycles. The van der Waals surface area contributed by atoms with E-state index in [0.717, 1.165) is 19.4 Å². The number of carbonyl (C=O) groups is 2. The van der Waals surface area contributed by atoms with E-state index in [1.165, 1.54) is 25.3 Å². The molecule has 3 atom stereocenters. The van der Waals surface area contributed by atoms with Gasteiger partial charge in [-0.3, -0.25) is 9.59 Å². The van der Waals surface area contributed by atoms with Crippen LogP contribution in [-0.2, 0) is 4.79 Å². The highest BCUT2D eigenvalue weighted by Gasteiger charge is 2.42. The molecule has 1 aliphatic heterocycles. The first-order chi connectivity index (χ1) is 11.4. The van der Waals surface area contributed by atoms with Crippen molar-refractivity contribution in [1.82, 2.24) is 9.80 Å². The van der Waals surface area contributed by atoms with Crippen LogP contribution in [0.1, 0.15) is 29.6 Å². The van der Waals surface area contributed by atoms with Crippen molar-refractivity contribution in [2.24, 2.45) is 11.8 Å². The number of fused-ring (bicyclic) bond motifs is 1. The standard InChI is InChI=1S/C18H23FN2O3/c1-20-10-13-7-14(6-12(13)9-17(20)22)21(2)18(23)11-4-5-15(19)16(8-11)24-3/h4-5,8,12-14H,6-7,9-10H2,1-3H3/t12-,13+,14-/m1/s1. The van der Waals surface area contributed by atoms with Crippen LogP contribution in [0.15, 0.2) is 18.2 Å². The fourth-order valence-electron chi connectivity index (χ4n) is 3.97. The summed E-state index contributed by atoms with van der Waals surface area (Å²) < 4.78 is 18.5. The second-order valence-corrected chi connectivity index (χ2v) is 6.89. The Hall–Kier alpha value is -2.11. The molecule has 1 saturated carbocycles. The molecule has 0 aromatic heterocycles. The Morgan fingerprint density at radius 2 is 2.04 bits per heavy atom. The number of nitrogens with zero attached hydrogens (tertiary/aromatic N) is 2. The van der Waals surface area contributed by atoms with Crippen LogP contribution in [0.2, 0.25) is 0 Å². The zero-order chi connectivity index (χ0) is 17.4. The van der Waals surface area contributed by atoms with Crippen LogP contribution in [0.4, 0.5) is 4.39 Å². The van der Waals surface area contributed by atoms with Crippen LogP contribution >= 0.6 is 0 Å². The third-order valence-electron chi connectivity index (χ3n) is 5.45. The van der Waals surface area contributed by atoms with Gasteiger partial charge in [-0.1, -0.05) is 0 Å². The number of hydrogen-bond acceptors (Lipinski definition) is 3. The fourth-order valence-corrected chi connectivity index (χ4v) is 3.97. The predicted octanol–water partition coefficient (Wildman–Crippen LogP) is 2.16. The SMILES string of the molecule is COc1cc(C(=O)N(C)[C@@H]2C[C@@H]3CC(=O)N(C)C[C@@H]3C2)ccc1F. The number of piperidine rings is 1. The van der Waals surface area contributed by atoms with Gasteiger partial charge in [0.25, 0.3) is 5.91 Å². The van der Waals surface area contributed by atoms with Crippen molar-refractivity contribution < 1.29 is 18.7 Å². The average molecular weight is 334 g/mol. The lowest BCUT2D eigenvalue weighted by Crippen LogP contribution is -2.39. The zero-order valence-corrected chi connectivity index (χ0v) is 14.3. The Morgan fingerprint density at radius 3 is 2.75 bits per heavy atom. The second-order valence-electron chi connectivity index (χ2n) is 6.89. The van der Waals surface area contributed by atoms with E-state index in [0.29, 0.717) is 23.8 Å². The molecule has 0 N–H and O–H groups in total. The van der Waals surface area contributed by atoms with Gasteiger partial charge >= 0.3 is 0 Å². The molecule has 24 heavy (non-hydrogen) atoms. The molecule has 5 nitrogen and oxygen atoms in total. The number of benzene rings is 1. The number of amides is 2. The summed E-state index contributed by atoms with van der Waals surface area (Å²) in [6.45, 7) is 0.770. The third-order valence-corrected chi connectivity index (χ3v) is 5.45. The van der Waals surface area contributed by atoms with Crippen molar-refractivity contribution in [3.8, 4) is 5.75 Å². The molecule has 1 saturated heterocycles. The highest BCUT2D eigenvalue weighted by Crippen LogP contribution is 2.40. The molecule has 3 rings (SSSR count). The molecule has 1 aromatic carbocycles. The average Bonchev–Trinajstić information content (AvgIpc) is 2.97. The molecule has 1 aromatic rings. The van der Waals surface area contributed by atoms with Crippen molar-refractivity contribution in [2.45, 2.75) is 25.3 Å². The Labute approximate surface area is 141 Å². The molecule has 0 unspecified atom stereocenters. The molecule has 0 bridgehead atoms. The largest absolute Gasteiger partial charge is 0.494 e. The Morgan fingerprint density at radius 1 is 1.33 bits per heavy atom. The van der Waals surface area contributed by atoms with Gasteiger partial charge in [-0.2, -0.15) is 0 Å². The van der Waals surface area contributed by atoms with E-state index >= 15 is 0 Å². The summed E-state index contributed by atoms with van der Waals surface area (Å²) in [6, 6.07) is 4.29. The highest BCUT2D eigenvalue weighted by atomic mass is 19.1. The van der Waals surface area contributed by atoms with Crippen LogP contribution in [0.25, 0.3) is 0 Å². The first-order valence-electron chi connectivity index (χ1n) is 8.25. The first kappa shape index (κ1) is 16.7. The quantitative estimate of drug-likeness (QED) is 0.851. The predicted molar refractivity (Wildman–Crippen MR) is 87.3 cm³/mol. The van der Waals surface area contributed by atoms with Gasteiger partial charge in [0.05, 0.1) is 7.11 Å². The maximum atomic E-state index is 13.5. The van der Waals surface area contributed by atoms with E-state index in [1.807, 2.05) is 7.05 Å². The summed E-state index contributed by atoms with van der Waals surface area (Å²) in [5, 5.41) is 0. The number of hydrogen-bond donors (Lipinski definition) is 0. The van der Waals surface area contributed by atoms with Crippen molar-refractivity contribution in [1.29, 1.82) is 0 Å². The number of carbonyl (C=O) groups excluding carboxylic acids is 2. The second kappa shape index (κ2) is 6.42. The third kappa shape index (κ3) is 2.97. The van der Waals surface area contributed by atoms with Gasteiger partial charge in [-0.05, 0) is 42.9 Å². The minimum atomic E-state index is -0.481. The molecular weight excluding hydrogens is 311 g/mol. The van der Waals surface area contributed by atoms with Gasteiger partial charge in [-0.25, -0.2) is 4.39 Å². The van der Waals surface area contributed by atoms with Crippen molar-refractivity contribution >= 4 is 11.8 Å². The number of halogens is 1.